The van der Waals surface area contributed by atoms with Crippen molar-refractivity contribution in [1.29, 1.82) is 0 Å². The molecule has 0 aliphatic rings. The summed E-state index contributed by atoms with van der Waals surface area (Å²) < 4.78 is 0. The van der Waals surface area contributed by atoms with Gasteiger partial charge < -0.3 is 16.4 Å². The van der Waals surface area contributed by atoms with Crippen molar-refractivity contribution in [2.45, 2.75) is 19.8 Å². The Bertz CT molecular complexity index is 710. The van der Waals surface area contributed by atoms with Gasteiger partial charge in [0.05, 0.1) is 10.0 Å². The monoisotopic (exact) mass is 354 g/mol. The molecule has 0 amide bonds. The van der Waals surface area contributed by atoms with E-state index in [0.29, 0.717) is 28.1 Å². The average molecular weight is 355 g/mol. The number of unbranched alkanes of at least 4 members (excludes halogenated alkanes) is 1. The summed E-state index contributed by atoms with van der Waals surface area (Å²) in [4.78, 5) is 19.3. The molecule has 4 N–H and O–H groups in total. The predicted molar refractivity (Wildman–Crippen MR) is 95.0 cm³/mol. The molecule has 0 unspecified atom stereocenters. The molecule has 0 aliphatic carbocycles. The Kier molecular flexibility index (Phi) is 5.95. The van der Waals surface area contributed by atoms with E-state index >= 15 is 0 Å². The maximum Gasteiger partial charge on any atom is 0.224 e. The van der Waals surface area contributed by atoms with Crippen molar-refractivity contribution in [2.24, 2.45) is 5.18 Å². The van der Waals surface area contributed by atoms with Crippen molar-refractivity contribution >= 4 is 52.2 Å². The summed E-state index contributed by atoms with van der Waals surface area (Å²) in [5.74, 6) is 0.521. The maximum absolute atomic E-state index is 11.2. The van der Waals surface area contributed by atoms with Gasteiger partial charge in [0.1, 0.15) is 0 Å². The first-order valence-corrected chi connectivity index (χ1v) is 7.77. The molecule has 0 spiro atoms. The lowest BCUT2D eigenvalue weighted by Crippen LogP contribution is -2.08. The van der Waals surface area contributed by atoms with E-state index in [4.69, 9.17) is 28.9 Å². The van der Waals surface area contributed by atoms with Gasteiger partial charge in [0.15, 0.2) is 17.3 Å². The van der Waals surface area contributed by atoms with Crippen molar-refractivity contribution < 1.29 is 0 Å². The maximum atomic E-state index is 11.2. The average Bonchev–Trinajstić information content (AvgIpc) is 2.51. The number of nitrogens with zero attached hydrogens (tertiary/aromatic N) is 3. The highest BCUT2D eigenvalue weighted by molar-refractivity contribution is 6.42. The number of anilines is 4. The first-order valence-electron chi connectivity index (χ1n) is 7.02. The summed E-state index contributed by atoms with van der Waals surface area (Å²) >= 11 is 11.9. The Morgan fingerprint density at radius 2 is 1.96 bits per heavy atom. The lowest BCUT2D eigenvalue weighted by atomic mass is 10.3. The summed E-state index contributed by atoms with van der Waals surface area (Å²) in [5.41, 5.74) is 6.36. The molecule has 0 atom stereocenters. The van der Waals surface area contributed by atoms with Gasteiger partial charge in [-0.3, -0.25) is 0 Å². The number of hydrogen-bond donors (Lipinski definition) is 3. The molecule has 1 aromatic heterocycles. The first-order chi connectivity index (χ1) is 11.0. The van der Waals surface area contributed by atoms with E-state index in [1.54, 1.807) is 18.2 Å². The van der Waals surface area contributed by atoms with Crippen LogP contribution in [-0.2, 0) is 0 Å². The van der Waals surface area contributed by atoms with Crippen molar-refractivity contribution in [1.82, 2.24) is 9.97 Å². The van der Waals surface area contributed by atoms with Crippen LogP contribution < -0.4 is 16.4 Å². The molecule has 0 saturated carbocycles. The van der Waals surface area contributed by atoms with Gasteiger partial charge in [-0.15, -0.1) is 4.91 Å². The summed E-state index contributed by atoms with van der Waals surface area (Å²) in [5, 5.41) is 9.81. The second-order valence-electron chi connectivity index (χ2n) is 4.75. The summed E-state index contributed by atoms with van der Waals surface area (Å²) in [6.45, 7) is 2.72. The molecular weight excluding hydrogens is 339 g/mol. The fraction of sp³-hybridized carbons (Fsp3) is 0.286. The van der Waals surface area contributed by atoms with Gasteiger partial charge in [0, 0.05) is 12.2 Å². The number of rotatable bonds is 7. The van der Waals surface area contributed by atoms with Crippen molar-refractivity contribution in [3.05, 3.63) is 33.2 Å². The highest BCUT2D eigenvalue weighted by Crippen LogP contribution is 2.34. The molecule has 0 bridgehead atoms. The first kappa shape index (κ1) is 17.2. The lowest BCUT2D eigenvalue weighted by molar-refractivity contribution is 0.831. The van der Waals surface area contributed by atoms with Gasteiger partial charge in [0.25, 0.3) is 0 Å². The van der Waals surface area contributed by atoms with E-state index in [9.17, 15) is 4.91 Å². The highest BCUT2D eigenvalue weighted by Gasteiger charge is 2.15. The zero-order valence-electron chi connectivity index (χ0n) is 12.4. The van der Waals surface area contributed by atoms with Gasteiger partial charge in [-0.25, -0.2) is 0 Å². The number of hydrogen-bond acceptors (Lipinski definition) is 7. The van der Waals surface area contributed by atoms with Crippen LogP contribution in [0.15, 0.2) is 23.4 Å². The molecule has 1 heterocycles. The van der Waals surface area contributed by atoms with Crippen molar-refractivity contribution in [2.75, 3.05) is 22.9 Å². The Hall–Kier alpha value is -2.12. The van der Waals surface area contributed by atoms with Gasteiger partial charge >= 0.3 is 0 Å². The molecule has 0 radical (unpaired) electrons. The molecule has 1 aromatic carbocycles. The van der Waals surface area contributed by atoms with Gasteiger partial charge in [-0.05, 0) is 29.8 Å². The van der Waals surface area contributed by atoms with Crippen LogP contribution in [0.3, 0.4) is 0 Å². The Balaban J connectivity index is 2.32. The Labute approximate surface area is 143 Å². The molecule has 122 valence electrons. The smallest absolute Gasteiger partial charge is 0.224 e. The van der Waals surface area contributed by atoms with E-state index in [2.05, 4.69) is 32.7 Å². The van der Waals surface area contributed by atoms with Crippen LogP contribution in [0, 0.1) is 4.91 Å². The van der Waals surface area contributed by atoms with Crippen LogP contribution in [0.4, 0.5) is 29.0 Å². The molecule has 23 heavy (non-hydrogen) atoms. The molecule has 0 saturated heterocycles. The number of nitroso groups, excluding NO2 is 1. The number of aromatic nitrogens is 2. The number of halogens is 2. The fourth-order valence-electron chi connectivity index (χ4n) is 1.86. The molecular formula is C14H16Cl2N6O. The SMILES string of the molecule is CCCCNc1nc(N)nc(Nc2ccc(Cl)c(Cl)c2)c1N=O. The third-order valence-electron chi connectivity index (χ3n) is 3.00. The molecule has 7 nitrogen and oxygen atoms in total. The normalized spacial score (nSPS) is 10.4. The van der Waals surface area contributed by atoms with Crippen molar-refractivity contribution in [3.63, 3.8) is 0 Å². The minimum Gasteiger partial charge on any atom is -0.368 e. The highest BCUT2D eigenvalue weighted by atomic mass is 35.5. The Morgan fingerprint density at radius 1 is 1.22 bits per heavy atom. The van der Waals surface area contributed by atoms with E-state index < -0.39 is 0 Å². The minimum atomic E-state index is 0.0268. The second kappa shape index (κ2) is 7.94. The topological polar surface area (TPSA) is 105 Å². The summed E-state index contributed by atoms with van der Waals surface area (Å²) in [7, 11) is 0. The molecule has 2 aromatic rings. The third kappa shape index (κ3) is 4.43. The number of nitrogen functional groups attached to an aromatic ring is 1. The zero-order valence-corrected chi connectivity index (χ0v) is 13.9. The molecule has 9 heteroatoms. The van der Waals surface area contributed by atoms with Gasteiger partial charge in [-0.1, -0.05) is 36.5 Å². The molecule has 0 fully saturated rings. The van der Waals surface area contributed by atoms with Gasteiger partial charge in [0.2, 0.25) is 5.95 Å². The quantitative estimate of drug-likeness (QED) is 0.490. The van der Waals surface area contributed by atoms with E-state index in [-0.39, 0.29) is 17.5 Å². The van der Waals surface area contributed by atoms with Gasteiger partial charge in [-0.2, -0.15) is 9.97 Å². The zero-order chi connectivity index (χ0) is 16.8. The van der Waals surface area contributed by atoms with E-state index in [1.807, 2.05) is 0 Å². The summed E-state index contributed by atoms with van der Waals surface area (Å²) in [6, 6.07) is 4.94. The summed E-state index contributed by atoms with van der Waals surface area (Å²) in [6.07, 6.45) is 1.93. The fourth-order valence-corrected chi connectivity index (χ4v) is 2.16. The predicted octanol–water partition coefficient (Wildman–Crippen LogP) is 4.72. The Morgan fingerprint density at radius 3 is 2.61 bits per heavy atom. The number of nitrogens with two attached hydrogens (primary N) is 1. The van der Waals surface area contributed by atoms with Crippen LogP contribution >= 0.6 is 23.2 Å². The number of benzene rings is 1. The van der Waals surface area contributed by atoms with Crippen LogP contribution in [0.25, 0.3) is 0 Å². The van der Waals surface area contributed by atoms with Crippen molar-refractivity contribution in [3.8, 4) is 0 Å². The van der Waals surface area contributed by atoms with Crippen LogP contribution in [0.5, 0.6) is 0 Å². The van der Waals surface area contributed by atoms with Crippen LogP contribution in [-0.4, -0.2) is 16.5 Å². The second-order valence-corrected chi connectivity index (χ2v) is 5.57. The number of nitrogens with one attached hydrogen (secondary N) is 2. The van der Waals surface area contributed by atoms with Crippen LogP contribution in [0.2, 0.25) is 10.0 Å². The van der Waals surface area contributed by atoms with Crippen LogP contribution in [0.1, 0.15) is 19.8 Å². The van der Waals surface area contributed by atoms with E-state index in [0.717, 1.165) is 12.8 Å². The lowest BCUT2D eigenvalue weighted by Gasteiger charge is -2.12. The molecule has 0 aliphatic heterocycles. The molecule has 2 rings (SSSR count). The standard InChI is InChI=1S/C14H16Cl2N6O/c1-2-3-6-18-12-11(22-23)13(21-14(17)20-12)19-8-4-5-9(15)10(16)7-8/h4-5,7H,2-3,6H2,1H3,(H4,17,18,19,20,21). The third-order valence-corrected chi connectivity index (χ3v) is 3.74. The largest absolute Gasteiger partial charge is 0.368 e. The van der Waals surface area contributed by atoms with E-state index in [1.165, 1.54) is 0 Å². The minimum absolute atomic E-state index is 0.0268.